The van der Waals surface area contributed by atoms with Crippen LogP contribution in [0.2, 0.25) is 0 Å². The van der Waals surface area contributed by atoms with Crippen LogP contribution in [0, 0.1) is 13.8 Å². The highest BCUT2D eigenvalue weighted by Crippen LogP contribution is 2.19. The van der Waals surface area contributed by atoms with E-state index < -0.39 is 0 Å². The second-order valence-corrected chi connectivity index (χ2v) is 6.01. The van der Waals surface area contributed by atoms with Crippen molar-refractivity contribution in [1.29, 1.82) is 0 Å². The van der Waals surface area contributed by atoms with Crippen molar-refractivity contribution in [3.63, 3.8) is 0 Å². The molecular weight excluding hydrogens is 318 g/mol. The smallest absolute Gasteiger partial charge is 0.258 e. The van der Waals surface area contributed by atoms with Crippen molar-refractivity contribution in [2.24, 2.45) is 0 Å². The molecule has 0 aliphatic rings. The average molecular weight is 343 g/mol. The number of aryl methyl sites for hydroxylation is 2. The lowest BCUT2D eigenvalue weighted by atomic mass is 10.1. The number of methoxy groups -OCH3 is 1. The highest BCUT2D eigenvalue weighted by atomic mass is 16.5. The fourth-order valence-corrected chi connectivity index (χ4v) is 2.26. The van der Waals surface area contributed by atoms with Crippen LogP contribution >= 0.6 is 0 Å². The summed E-state index contributed by atoms with van der Waals surface area (Å²) < 4.78 is 16.4. The van der Waals surface area contributed by atoms with Crippen LogP contribution in [0.1, 0.15) is 18.1 Å². The van der Waals surface area contributed by atoms with E-state index in [-0.39, 0.29) is 18.6 Å². The van der Waals surface area contributed by atoms with Crippen LogP contribution in [-0.4, -0.2) is 32.3 Å². The van der Waals surface area contributed by atoms with Gasteiger partial charge in [-0.15, -0.1) is 0 Å². The van der Waals surface area contributed by atoms with E-state index in [2.05, 4.69) is 5.32 Å². The minimum Gasteiger partial charge on any atom is -0.497 e. The van der Waals surface area contributed by atoms with Gasteiger partial charge in [-0.2, -0.15) is 0 Å². The summed E-state index contributed by atoms with van der Waals surface area (Å²) in [6, 6.07) is 13.1. The third-order valence-corrected chi connectivity index (χ3v) is 3.67. The Morgan fingerprint density at radius 1 is 1.04 bits per heavy atom. The van der Waals surface area contributed by atoms with Gasteiger partial charge in [0.1, 0.15) is 23.9 Å². The van der Waals surface area contributed by atoms with Gasteiger partial charge < -0.3 is 19.5 Å². The molecule has 0 aliphatic carbocycles. The van der Waals surface area contributed by atoms with E-state index in [1.165, 1.54) is 0 Å². The molecule has 0 saturated heterocycles. The Balaban J connectivity index is 1.74. The first-order chi connectivity index (χ1) is 12.0. The van der Waals surface area contributed by atoms with Crippen molar-refractivity contribution >= 4 is 5.91 Å². The molecule has 2 aromatic rings. The first kappa shape index (κ1) is 18.6. The third-order valence-electron chi connectivity index (χ3n) is 3.67. The summed E-state index contributed by atoms with van der Waals surface area (Å²) in [6.45, 7) is 6.20. The van der Waals surface area contributed by atoms with Crippen LogP contribution in [0.3, 0.4) is 0 Å². The Morgan fingerprint density at radius 2 is 1.72 bits per heavy atom. The zero-order chi connectivity index (χ0) is 18.2. The molecule has 0 spiro atoms. The molecule has 1 atom stereocenters. The topological polar surface area (TPSA) is 56.8 Å². The molecule has 0 radical (unpaired) electrons. The van der Waals surface area contributed by atoms with Gasteiger partial charge in [-0.05, 0) is 62.2 Å². The molecule has 0 fully saturated rings. The van der Waals surface area contributed by atoms with Gasteiger partial charge in [0.2, 0.25) is 0 Å². The lowest BCUT2D eigenvalue weighted by molar-refractivity contribution is -0.123. The minimum absolute atomic E-state index is 0.0167. The predicted octanol–water partition coefficient (Wildman–Crippen LogP) is 3.27. The van der Waals surface area contributed by atoms with Crippen LogP contribution in [-0.2, 0) is 4.79 Å². The van der Waals surface area contributed by atoms with E-state index in [4.69, 9.17) is 14.2 Å². The molecule has 0 heterocycles. The lowest BCUT2D eigenvalue weighted by Gasteiger charge is -2.16. The second kappa shape index (κ2) is 8.97. The Bertz CT molecular complexity index is 697. The highest BCUT2D eigenvalue weighted by molar-refractivity contribution is 5.77. The summed E-state index contributed by atoms with van der Waals surface area (Å²) in [5, 5.41) is 2.86. The van der Waals surface area contributed by atoms with E-state index in [9.17, 15) is 4.79 Å². The predicted molar refractivity (Wildman–Crippen MR) is 97.5 cm³/mol. The molecule has 0 aromatic heterocycles. The zero-order valence-electron chi connectivity index (χ0n) is 15.2. The molecule has 0 aliphatic heterocycles. The fraction of sp³-hybridized carbons (Fsp3) is 0.350. The van der Waals surface area contributed by atoms with Crippen molar-refractivity contribution in [3.05, 3.63) is 53.6 Å². The highest BCUT2D eigenvalue weighted by Gasteiger charge is 2.10. The third kappa shape index (κ3) is 6.03. The maximum absolute atomic E-state index is 12.0. The van der Waals surface area contributed by atoms with Crippen LogP contribution < -0.4 is 19.5 Å². The molecule has 0 bridgehead atoms. The van der Waals surface area contributed by atoms with Crippen molar-refractivity contribution < 1.29 is 19.0 Å². The molecule has 2 aromatic carbocycles. The molecule has 1 N–H and O–H groups in total. The number of hydrogen-bond acceptors (Lipinski definition) is 4. The number of benzene rings is 2. The van der Waals surface area contributed by atoms with Crippen LogP contribution in [0.15, 0.2) is 42.5 Å². The number of nitrogens with one attached hydrogen (secondary N) is 1. The molecule has 2 rings (SSSR count). The Hall–Kier alpha value is -2.69. The van der Waals surface area contributed by atoms with Gasteiger partial charge in [0.15, 0.2) is 6.61 Å². The summed E-state index contributed by atoms with van der Waals surface area (Å²) in [7, 11) is 1.62. The number of amides is 1. The normalized spacial score (nSPS) is 11.5. The summed E-state index contributed by atoms with van der Waals surface area (Å²) >= 11 is 0. The molecular formula is C20H25NO4. The van der Waals surface area contributed by atoms with Gasteiger partial charge in [0.05, 0.1) is 13.2 Å². The van der Waals surface area contributed by atoms with Crippen molar-refractivity contribution in [1.82, 2.24) is 5.32 Å². The minimum atomic E-state index is -0.174. The summed E-state index contributed by atoms with van der Waals surface area (Å²) in [6.07, 6.45) is 0. The van der Waals surface area contributed by atoms with Gasteiger partial charge in [0.25, 0.3) is 5.91 Å². The van der Waals surface area contributed by atoms with E-state index in [1.54, 1.807) is 7.11 Å². The van der Waals surface area contributed by atoms with E-state index >= 15 is 0 Å². The number of ether oxygens (including phenoxy) is 3. The fourth-order valence-electron chi connectivity index (χ4n) is 2.26. The van der Waals surface area contributed by atoms with Gasteiger partial charge in [-0.3, -0.25) is 4.79 Å². The largest absolute Gasteiger partial charge is 0.497 e. The van der Waals surface area contributed by atoms with Crippen molar-refractivity contribution in [2.45, 2.75) is 26.8 Å². The maximum Gasteiger partial charge on any atom is 0.258 e. The van der Waals surface area contributed by atoms with Gasteiger partial charge in [-0.25, -0.2) is 0 Å². The Morgan fingerprint density at radius 3 is 2.40 bits per heavy atom. The maximum atomic E-state index is 12.0. The lowest BCUT2D eigenvalue weighted by Crippen LogP contribution is -2.39. The number of rotatable bonds is 8. The van der Waals surface area contributed by atoms with Crippen LogP contribution in [0.4, 0.5) is 0 Å². The first-order valence-electron chi connectivity index (χ1n) is 8.24. The van der Waals surface area contributed by atoms with Gasteiger partial charge in [-0.1, -0.05) is 12.1 Å². The summed E-state index contributed by atoms with van der Waals surface area (Å²) in [5.74, 6) is 2.06. The van der Waals surface area contributed by atoms with E-state index in [0.29, 0.717) is 6.61 Å². The van der Waals surface area contributed by atoms with E-state index in [1.807, 2.05) is 63.2 Å². The molecule has 0 saturated carbocycles. The van der Waals surface area contributed by atoms with Crippen molar-refractivity contribution in [3.8, 4) is 17.2 Å². The zero-order valence-corrected chi connectivity index (χ0v) is 15.2. The van der Waals surface area contributed by atoms with Gasteiger partial charge >= 0.3 is 0 Å². The summed E-state index contributed by atoms with van der Waals surface area (Å²) in [5.41, 5.74) is 2.11. The first-order valence-corrected chi connectivity index (χ1v) is 8.24. The molecule has 134 valence electrons. The number of hydrogen-bond donors (Lipinski definition) is 1. The molecule has 5 heteroatoms. The number of carbonyl (C=O) groups excluding carboxylic acids is 1. The van der Waals surface area contributed by atoms with E-state index in [0.717, 1.165) is 28.4 Å². The van der Waals surface area contributed by atoms with Crippen LogP contribution in [0.5, 0.6) is 17.2 Å². The van der Waals surface area contributed by atoms with Crippen molar-refractivity contribution in [2.75, 3.05) is 20.3 Å². The number of carbonyl (C=O) groups is 1. The Labute approximate surface area is 148 Å². The van der Waals surface area contributed by atoms with Gasteiger partial charge in [0, 0.05) is 0 Å². The molecule has 25 heavy (non-hydrogen) atoms. The SMILES string of the molecule is COc1ccc(OC[C@@H](C)NC(=O)COc2cc(C)ccc2C)cc1. The molecule has 0 unspecified atom stereocenters. The average Bonchev–Trinajstić information content (AvgIpc) is 2.61. The molecule has 1 amide bonds. The van der Waals surface area contributed by atoms with Crippen LogP contribution in [0.25, 0.3) is 0 Å². The second-order valence-electron chi connectivity index (χ2n) is 6.01. The Kier molecular flexibility index (Phi) is 6.69. The summed E-state index contributed by atoms with van der Waals surface area (Å²) in [4.78, 5) is 12.0. The standard InChI is InChI=1S/C20H25NO4/c1-14-5-6-15(2)19(11-14)25-13-20(22)21-16(3)12-24-18-9-7-17(23-4)8-10-18/h5-11,16H,12-13H2,1-4H3,(H,21,22)/t16-/m1/s1. The quantitative estimate of drug-likeness (QED) is 0.799. The monoisotopic (exact) mass is 343 g/mol. The molecule has 5 nitrogen and oxygen atoms in total.